The van der Waals surface area contributed by atoms with E-state index in [1.807, 2.05) is 58.1 Å². The van der Waals surface area contributed by atoms with Crippen LogP contribution in [0.15, 0.2) is 36.7 Å². The molecule has 3 aliphatic rings. The van der Waals surface area contributed by atoms with E-state index in [0.29, 0.717) is 56.3 Å². The first kappa shape index (κ1) is 31.6. The number of anilines is 1. The number of carboxylic acids is 1. The van der Waals surface area contributed by atoms with Crippen LogP contribution in [0, 0.1) is 11.3 Å². The lowest BCUT2D eigenvalue weighted by Gasteiger charge is -2.30. The molecule has 44 heavy (non-hydrogen) atoms. The summed E-state index contributed by atoms with van der Waals surface area (Å²) in [7, 11) is 3.46. The molecule has 2 saturated heterocycles. The molecule has 2 fully saturated rings. The van der Waals surface area contributed by atoms with Crippen LogP contribution in [-0.4, -0.2) is 85.4 Å². The molecule has 3 aliphatic heterocycles. The van der Waals surface area contributed by atoms with Gasteiger partial charge in [-0.2, -0.15) is 0 Å². The second-order valence-electron chi connectivity index (χ2n) is 13.0. The number of aromatic nitrogens is 1. The van der Waals surface area contributed by atoms with Crippen LogP contribution in [0.3, 0.4) is 0 Å². The number of amides is 2. The first-order valence-electron chi connectivity index (χ1n) is 15.5. The number of aliphatic carboxylic acids is 1. The molecule has 4 heterocycles. The summed E-state index contributed by atoms with van der Waals surface area (Å²) in [5.74, 6) is -0.668. The zero-order chi connectivity index (χ0) is 31.6. The van der Waals surface area contributed by atoms with Gasteiger partial charge in [0, 0.05) is 50.6 Å². The SMILES string of the molecule is CCCCN(C(=O)CN1C[C@H](c2cc(OC)c3c(c2)OCO3)[C@@H](C(=O)O)[C@@H]1CCN1CC(C)(C)CC1=O)c1ccc[n+](C)c1. The van der Waals surface area contributed by atoms with Gasteiger partial charge in [0.15, 0.2) is 23.9 Å². The molecule has 1 N–H and O–H groups in total. The van der Waals surface area contributed by atoms with Crippen LogP contribution in [0.1, 0.15) is 57.9 Å². The average molecular weight is 610 g/mol. The Bertz CT molecular complexity index is 1400. The summed E-state index contributed by atoms with van der Waals surface area (Å²) in [6, 6.07) is 7.03. The van der Waals surface area contributed by atoms with Crippen molar-refractivity contribution in [1.29, 1.82) is 0 Å². The van der Waals surface area contributed by atoms with Crippen molar-refractivity contribution in [3.63, 3.8) is 0 Å². The maximum atomic E-state index is 14.0. The number of unbranched alkanes of at least 4 members (excludes halogenated alkanes) is 1. The summed E-state index contributed by atoms with van der Waals surface area (Å²) < 4.78 is 18.7. The molecular formula is C33H45N4O7+. The van der Waals surface area contributed by atoms with Crippen molar-refractivity contribution >= 4 is 23.5 Å². The number of carbonyl (C=O) groups is 3. The van der Waals surface area contributed by atoms with Crippen molar-refractivity contribution in [3.8, 4) is 17.2 Å². The minimum Gasteiger partial charge on any atom is -0.493 e. The van der Waals surface area contributed by atoms with Gasteiger partial charge in [0.25, 0.3) is 0 Å². The molecule has 2 amide bonds. The summed E-state index contributed by atoms with van der Waals surface area (Å²) in [5.41, 5.74) is 1.45. The molecule has 0 saturated carbocycles. The maximum Gasteiger partial charge on any atom is 0.308 e. The number of carbonyl (C=O) groups excluding carboxylic acids is 2. The Balaban J connectivity index is 1.46. The molecule has 0 spiro atoms. The number of carboxylic acid groups (broad SMARTS) is 1. The van der Waals surface area contributed by atoms with Gasteiger partial charge in [-0.05, 0) is 42.0 Å². The van der Waals surface area contributed by atoms with Crippen LogP contribution in [-0.2, 0) is 21.4 Å². The molecule has 238 valence electrons. The smallest absolute Gasteiger partial charge is 0.308 e. The number of pyridine rings is 1. The minimum atomic E-state index is -0.933. The topological polar surface area (TPSA) is 113 Å². The lowest BCUT2D eigenvalue weighted by molar-refractivity contribution is -0.670. The van der Waals surface area contributed by atoms with Gasteiger partial charge in [-0.25, -0.2) is 4.57 Å². The van der Waals surface area contributed by atoms with Gasteiger partial charge in [0.2, 0.25) is 24.4 Å². The Labute approximate surface area is 259 Å². The molecule has 0 radical (unpaired) electrons. The lowest BCUT2D eigenvalue weighted by atomic mass is 9.84. The molecule has 2 aromatic rings. The fraction of sp³-hybridized carbons (Fsp3) is 0.576. The Kier molecular flexibility index (Phi) is 9.34. The molecular weight excluding hydrogens is 564 g/mol. The van der Waals surface area contributed by atoms with Crippen molar-refractivity contribution < 1.29 is 38.3 Å². The molecule has 1 aromatic carbocycles. The summed E-state index contributed by atoms with van der Waals surface area (Å²) in [5, 5.41) is 10.7. The van der Waals surface area contributed by atoms with E-state index in [4.69, 9.17) is 14.2 Å². The molecule has 11 heteroatoms. The van der Waals surface area contributed by atoms with Gasteiger partial charge < -0.3 is 29.1 Å². The number of rotatable bonds is 12. The fourth-order valence-electron chi connectivity index (χ4n) is 6.93. The Morgan fingerprint density at radius 3 is 2.70 bits per heavy atom. The normalized spacial score (nSPS) is 22.4. The minimum absolute atomic E-state index is 0.0639. The van der Waals surface area contributed by atoms with Gasteiger partial charge in [-0.1, -0.05) is 27.2 Å². The molecule has 0 bridgehead atoms. The van der Waals surface area contributed by atoms with E-state index in [-0.39, 0.29) is 30.6 Å². The van der Waals surface area contributed by atoms with E-state index in [0.717, 1.165) is 24.1 Å². The number of methoxy groups -OCH3 is 1. The quantitative estimate of drug-likeness (QED) is 0.365. The second kappa shape index (κ2) is 13.0. The second-order valence-corrected chi connectivity index (χ2v) is 13.0. The highest BCUT2D eigenvalue weighted by molar-refractivity contribution is 5.94. The molecule has 5 rings (SSSR count). The van der Waals surface area contributed by atoms with E-state index < -0.39 is 23.8 Å². The van der Waals surface area contributed by atoms with Gasteiger partial charge in [0.1, 0.15) is 12.7 Å². The highest BCUT2D eigenvalue weighted by Gasteiger charge is 2.48. The number of hydrogen-bond acceptors (Lipinski definition) is 7. The van der Waals surface area contributed by atoms with Gasteiger partial charge in [-0.15, -0.1) is 0 Å². The number of hydrogen-bond donors (Lipinski definition) is 1. The number of benzene rings is 1. The van der Waals surface area contributed by atoms with Crippen LogP contribution in [0.25, 0.3) is 0 Å². The Hall–Kier alpha value is -3.86. The van der Waals surface area contributed by atoms with E-state index in [2.05, 4.69) is 20.8 Å². The summed E-state index contributed by atoms with van der Waals surface area (Å²) >= 11 is 0. The van der Waals surface area contributed by atoms with Crippen LogP contribution in [0.5, 0.6) is 17.2 Å². The van der Waals surface area contributed by atoms with E-state index in [1.54, 1.807) is 12.0 Å². The predicted octanol–water partition coefficient (Wildman–Crippen LogP) is 3.20. The van der Waals surface area contributed by atoms with Crippen LogP contribution in [0.2, 0.25) is 0 Å². The van der Waals surface area contributed by atoms with Crippen LogP contribution in [0.4, 0.5) is 5.69 Å². The number of likely N-dealkylation sites (tertiary alicyclic amines) is 2. The lowest BCUT2D eigenvalue weighted by Crippen LogP contribution is -2.46. The number of ether oxygens (including phenoxy) is 3. The van der Waals surface area contributed by atoms with Crippen LogP contribution >= 0.6 is 0 Å². The molecule has 0 aliphatic carbocycles. The van der Waals surface area contributed by atoms with E-state index in [1.165, 1.54) is 0 Å². The average Bonchev–Trinajstić information content (AvgIpc) is 3.66. The largest absolute Gasteiger partial charge is 0.493 e. The van der Waals surface area contributed by atoms with Crippen molar-refractivity contribution in [3.05, 3.63) is 42.2 Å². The summed E-state index contributed by atoms with van der Waals surface area (Å²) in [4.78, 5) is 45.5. The molecule has 0 unspecified atom stereocenters. The van der Waals surface area contributed by atoms with E-state index in [9.17, 15) is 19.5 Å². The van der Waals surface area contributed by atoms with Gasteiger partial charge >= 0.3 is 5.97 Å². The highest BCUT2D eigenvalue weighted by Crippen LogP contribution is 2.47. The maximum absolute atomic E-state index is 14.0. The molecule has 11 nitrogen and oxygen atoms in total. The Morgan fingerprint density at radius 1 is 1.25 bits per heavy atom. The number of aryl methyl sites for hydroxylation is 1. The third-order valence-corrected chi connectivity index (χ3v) is 9.05. The highest BCUT2D eigenvalue weighted by atomic mass is 16.7. The summed E-state index contributed by atoms with van der Waals surface area (Å²) in [6.07, 6.45) is 6.55. The van der Waals surface area contributed by atoms with Gasteiger partial charge in [-0.3, -0.25) is 19.3 Å². The zero-order valence-corrected chi connectivity index (χ0v) is 26.5. The van der Waals surface area contributed by atoms with E-state index >= 15 is 0 Å². The standard InChI is InChI=1S/C33H44N4O7/c1-6-7-12-37(23-9-8-11-34(4)17-23)29(39)19-36-18-24(22-14-26(42-5)31-27(15-22)43-21-44-31)30(32(40)41)25(36)10-13-35-20-33(2,3)16-28(35)38/h8-9,11,14-15,17,24-25,30H,6-7,10,12-13,16,18-21H2,1-5H3/p+1/t24-,25+,30-/m1/s1. The third kappa shape index (κ3) is 6.62. The number of nitrogens with zero attached hydrogens (tertiary/aromatic N) is 4. The first-order valence-corrected chi connectivity index (χ1v) is 15.5. The van der Waals surface area contributed by atoms with Crippen molar-refractivity contribution in [2.75, 3.05) is 51.5 Å². The van der Waals surface area contributed by atoms with Gasteiger partial charge in [0.05, 0.1) is 19.6 Å². The zero-order valence-electron chi connectivity index (χ0n) is 26.5. The fourth-order valence-corrected chi connectivity index (χ4v) is 6.93. The van der Waals surface area contributed by atoms with Crippen molar-refractivity contribution in [2.24, 2.45) is 18.4 Å². The van der Waals surface area contributed by atoms with Crippen molar-refractivity contribution in [1.82, 2.24) is 9.80 Å². The number of fused-ring (bicyclic) bond motifs is 1. The van der Waals surface area contributed by atoms with Crippen molar-refractivity contribution in [2.45, 2.75) is 58.4 Å². The Morgan fingerprint density at radius 2 is 2.05 bits per heavy atom. The first-order chi connectivity index (χ1) is 21.0. The summed E-state index contributed by atoms with van der Waals surface area (Å²) in [6.45, 7) is 8.37. The molecule has 1 aromatic heterocycles. The monoisotopic (exact) mass is 609 g/mol. The molecule has 3 atom stereocenters. The van der Waals surface area contributed by atoms with Crippen LogP contribution < -0.4 is 23.7 Å². The predicted molar refractivity (Wildman–Crippen MR) is 163 cm³/mol. The third-order valence-electron chi connectivity index (χ3n) is 9.05.